The summed E-state index contributed by atoms with van der Waals surface area (Å²) >= 11 is 0. The van der Waals surface area contributed by atoms with Crippen LogP contribution >= 0.6 is 0 Å². The Balaban J connectivity index is 1.35. The zero-order valence-electron chi connectivity index (χ0n) is 18.8. The van der Waals surface area contributed by atoms with E-state index in [1.807, 2.05) is 24.7 Å². The van der Waals surface area contributed by atoms with Gasteiger partial charge in [-0.3, -0.25) is 14.4 Å². The van der Waals surface area contributed by atoms with E-state index < -0.39 is 0 Å². The Bertz CT molecular complexity index is 2070. The molecule has 0 atom stereocenters. The minimum absolute atomic E-state index is 0.914. The molecule has 4 aromatic heterocycles. The van der Waals surface area contributed by atoms with Gasteiger partial charge in [-0.25, -0.2) is 4.98 Å². The molecule has 4 heteroatoms. The number of pyridine rings is 3. The molecule has 3 aromatic carbocycles. The van der Waals surface area contributed by atoms with Crippen LogP contribution in [0.2, 0.25) is 0 Å². The minimum atomic E-state index is 0.914. The highest BCUT2D eigenvalue weighted by Gasteiger charge is 2.28. The first-order valence-electron chi connectivity index (χ1n) is 12.0. The highest BCUT2D eigenvalue weighted by molar-refractivity contribution is 6.12. The molecule has 162 valence electrons. The first-order chi connectivity index (χ1) is 17.3. The fraction of sp³-hybridized carbons (Fsp3) is 0.0645. The van der Waals surface area contributed by atoms with Gasteiger partial charge in [0.05, 0.1) is 22.1 Å². The molecule has 0 fully saturated rings. The number of hydrogen-bond acceptors (Lipinski definition) is 3. The standard InChI is InChI=1S/C31H18N4/c1-2-5-20-17(4-1)12-18-13-24-19(14-23(18)20)15-25-21(24)7-8-28-30(25)34-31-22-6-3-10-33-29(22)26-16-32-11-9-27(26)35(28)31/h1-11,13-14,16H,12,15H2. The molecular weight excluding hydrogens is 428 g/mol. The molecule has 2 aliphatic rings. The van der Waals surface area contributed by atoms with E-state index in [-0.39, 0.29) is 0 Å². The van der Waals surface area contributed by atoms with Gasteiger partial charge in [0.1, 0.15) is 5.65 Å². The highest BCUT2D eigenvalue weighted by atomic mass is 15.0. The Morgan fingerprint density at radius 2 is 1.51 bits per heavy atom. The zero-order chi connectivity index (χ0) is 22.7. The van der Waals surface area contributed by atoms with Crippen LogP contribution in [0.4, 0.5) is 0 Å². The summed E-state index contributed by atoms with van der Waals surface area (Å²) in [5, 5.41) is 2.11. The van der Waals surface area contributed by atoms with Gasteiger partial charge in [0.15, 0.2) is 0 Å². The Morgan fingerprint density at radius 3 is 2.49 bits per heavy atom. The van der Waals surface area contributed by atoms with Crippen LogP contribution in [0.3, 0.4) is 0 Å². The fourth-order valence-corrected chi connectivity index (χ4v) is 6.44. The van der Waals surface area contributed by atoms with Gasteiger partial charge in [0, 0.05) is 35.8 Å². The molecule has 0 saturated heterocycles. The van der Waals surface area contributed by atoms with Gasteiger partial charge in [-0.2, -0.15) is 0 Å². The summed E-state index contributed by atoms with van der Waals surface area (Å²) < 4.78 is 2.29. The van der Waals surface area contributed by atoms with E-state index >= 15 is 0 Å². The van der Waals surface area contributed by atoms with E-state index in [0.717, 1.165) is 51.3 Å². The Morgan fingerprint density at radius 1 is 0.629 bits per heavy atom. The molecule has 9 rings (SSSR count). The summed E-state index contributed by atoms with van der Waals surface area (Å²) in [4.78, 5) is 14.4. The molecule has 0 N–H and O–H groups in total. The van der Waals surface area contributed by atoms with Crippen molar-refractivity contribution in [2.75, 3.05) is 0 Å². The van der Waals surface area contributed by atoms with Crippen LogP contribution in [0.1, 0.15) is 22.3 Å². The molecule has 0 aliphatic heterocycles. The van der Waals surface area contributed by atoms with Crippen molar-refractivity contribution in [1.82, 2.24) is 19.4 Å². The van der Waals surface area contributed by atoms with Crippen molar-refractivity contribution in [2.45, 2.75) is 12.8 Å². The van der Waals surface area contributed by atoms with Crippen molar-refractivity contribution in [1.29, 1.82) is 0 Å². The number of benzene rings is 3. The normalized spacial score (nSPS) is 13.5. The minimum Gasteiger partial charge on any atom is -0.291 e. The third kappa shape index (κ3) is 2.15. The molecule has 0 amide bonds. The fourth-order valence-electron chi connectivity index (χ4n) is 6.44. The van der Waals surface area contributed by atoms with Crippen molar-refractivity contribution in [3.63, 3.8) is 0 Å². The number of nitrogens with zero attached hydrogens (tertiary/aromatic N) is 4. The van der Waals surface area contributed by atoms with Gasteiger partial charge in [-0.15, -0.1) is 0 Å². The molecule has 35 heavy (non-hydrogen) atoms. The molecule has 2 aliphatic carbocycles. The van der Waals surface area contributed by atoms with Crippen LogP contribution in [-0.4, -0.2) is 19.4 Å². The van der Waals surface area contributed by atoms with Gasteiger partial charge in [-0.1, -0.05) is 30.3 Å². The average Bonchev–Trinajstić information content (AvgIpc) is 3.58. The average molecular weight is 447 g/mol. The number of imidazole rings is 1. The molecule has 4 nitrogen and oxygen atoms in total. The zero-order valence-corrected chi connectivity index (χ0v) is 18.8. The second-order valence-electron chi connectivity index (χ2n) is 9.70. The van der Waals surface area contributed by atoms with Crippen LogP contribution in [0.5, 0.6) is 0 Å². The molecule has 4 heterocycles. The van der Waals surface area contributed by atoms with E-state index in [1.54, 1.807) is 0 Å². The molecule has 0 unspecified atom stereocenters. The molecular formula is C31H18N4. The van der Waals surface area contributed by atoms with Crippen molar-refractivity contribution in [3.05, 3.63) is 108 Å². The van der Waals surface area contributed by atoms with Crippen LogP contribution in [0.15, 0.2) is 85.3 Å². The number of hydrogen-bond donors (Lipinski definition) is 0. The third-order valence-electron chi connectivity index (χ3n) is 7.95. The topological polar surface area (TPSA) is 43.1 Å². The number of aromatic nitrogens is 4. The lowest BCUT2D eigenvalue weighted by molar-refractivity contribution is 1.24. The Kier molecular flexibility index (Phi) is 3.11. The quantitative estimate of drug-likeness (QED) is 0.243. The smallest absolute Gasteiger partial charge is 0.147 e. The van der Waals surface area contributed by atoms with Gasteiger partial charge in [0.25, 0.3) is 0 Å². The van der Waals surface area contributed by atoms with Crippen LogP contribution in [-0.2, 0) is 12.8 Å². The predicted molar refractivity (Wildman–Crippen MR) is 140 cm³/mol. The lowest BCUT2D eigenvalue weighted by Crippen LogP contribution is -1.93. The van der Waals surface area contributed by atoms with Crippen LogP contribution in [0, 0.1) is 0 Å². The Labute approximate surface area is 200 Å². The van der Waals surface area contributed by atoms with Gasteiger partial charge < -0.3 is 0 Å². The van der Waals surface area contributed by atoms with E-state index in [0.29, 0.717) is 0 Å². The Hall–Kier alpha value is -4.57. The summed E-state index contributed by atoms with van der Waals surface area (Å²) in [6, 6.07) is 24.4. The summed E-state index contributed by atoms with van der Waals surface area (Å²) in [7, 11) is 0. The van der Waals surface area contributed by atoms with E-state index in [2.05, 4.69) is 70.0 Å². The predicted octanol–water partition coefficient (Wildman–Crippen LogP) is 6.73. The van der Waals surface area contributed by atoms with E-state index in [9.17, 15) is 0 Å². The molecule has 0 saturated carbocycles. The summed E-state index contributed by atoms with van der Waals surface area (Å²) in [6.45, 7) is 0. The summed E-state index contributed by atoms with van der Waals surface area (Å²) in [5.41, 5.74) is 16.3. The molecule has 0 spiro atoms. The summed E-state index contributed by atoms with van der Waals surface area (Å²) in [6.07, 6.45) is 7.55. The maximum Gasteiger partial charge on any atom is 0.147 e. The van der Waals surface area contributed by atoms with Crippen LogP contribution in [0.25, 0.3) is 60.7 Å². The second kappa shape index (κ2) is 6.10. The monoisotopic (exact) mass is 446 g/mol. The first-order valence-corrected chi connectivity index (χ1v) is 12.0. The summed E-state index contributed by atoms with van der Waals surface area (Å²) in [5.74, 6) is 0. The van der Waals surface area contributed by atoms with Gasteiger partial charge >= 0.3 is 0 Å². The molecule has 0 radical (unpaired) electrons. The van der Waals surface area contributed by atoms with Crippen molar-refractivity contribution in [2.24, 2.45) is 0 Å². The van der Waals surface area contributed by atoms with Crippen LogP contribution < -0.4 is 0 Å². The maximum atomic E-state index is 5.27. The number of rotatable bonds is 0. The van der Waals surface area contributed by atoms with Gasteiger partial charge in [-0.05, 0) is 87.3 Å². The molecule has 0 bridgehead atoms. The lowest BCUT2D eigenvalue weighted by Gasteiger charge is -2.08. The van der Waals surface area contributed by atoms with E-state index in [4.69, 9.17) is 9.97 Å². The molecule has 7 aromatic rings. The third-order valence-corrected chi connectivity index (χ3v) is 7.95. The second-order valence-corrected chi connectivity index (χ2v) is 9.70. The first kappa shape index (κ1) is 17.8. The maximum absolute atomic E-state index is 5.27. The van der Waals surface area contributed by atoms with Crippen molar-refractivity contribution >= 4 is 38.5 Å². The van der Waals surface area contributed by atoms with Gasteiger partial charge in [0.2, 0.25) is 0 Å². The lowest BCUT2D eigenvalue weighted by atomic mass is 9.98. The van der Waals surface area contributed by atoms with E-state index in [1.165, 1.54) is 44.5 Å². The number of fused-ring (bicyclic) bond motifs is 15. The SMILES string of the molecule is c1ccc2c(c1)Cc1cc3c(cc1-2)Cc1c-3ccc2c1nc1c3cccnc3c3cnccc3n21. The van der Waals surface area contributed by atoms with Crippen molar-refractivity contribution < 1.29 is 0 Å². The largest absolute Gasteiger partial charge is 0.291 e. The highest BCUT2D eigenvalue weighted by Crippen LogP contribution is 2.46. The van der Waals surface area contributed by atoms with Crippen molar-refractivity contribution in [3.8, 4) is 22.3 Å².